The molecule has 5 nitrogen and oxygen atoms in total. The van der Waals surface area contributed by atoms with Gasteiger partial charge in [-0.25, -0.2) is 4.79 Å². The van der Waals surface area contributed by atoms with Gasteiger partial charge in [0.05, 0.1) is 19.8 Å². The monoisotopic (exact) mass is 217 g/mol. The van der Waals surface area contributed by atoms with Crippen molar-refractivity contribution in [2.45, 2.75) is 39.0 Å². The first kappa shape index (κ1) is 12.3. The van der Waals surface area contributed by atoms with E-state index in [1.807, 2.05) is 0 Å². The van der Waals surface area contributed by atoms with E-state index in [-0.39, 0.29) is 6.61 Å². The Morgan fingerprint density at radius 1 is 1.53 bits per heavy atom. The van der Waals surface area contributed by atoms with Gasteiger partial charge in [0.1, 0.15) is 5.60 Å². The van der Waals surface area contributed by atoms with Crippen molar-refractivity contribution < 1.29 is 19.4 Å². The maximum atomic E-state index is 11.7. The molecule has 0 saturated carbocycles. The summed E-state index contributed by atoms with van der Waals surface area (Å²) in [5, 5.41) is 9.90. The van der Waals surface area contributed by atoms with E-state index in [1.54, 1.807) is 20.8 Å². The summed E-state index contributed by atoms with van der Waals surface area (Å²) in [5.41, 5.74) is -1.83. The summed E-state index contributed by atoms with van der Waals surface area (Å²) in [6.45, 7) is 7.81. The van der Waals surface area contributed by atoms with Crippen LogP contribution in [0.3, 0.4) is 0 Å². The topological polar surface area (TPSA) is 59.0 Å². The third-order valence-electron chi connectivity index (χ3n) is 2.03. The highest BCUT2D eigenvalue weighted by molar-refractivity contribution is 5.69. The molecule has 0 bridgehead atoms. The van der Waals surface area contributed by atoms with E-state index >= 15 is 0 Å². The Balaban J connectivity index is 2.65. The molecule has 0 aromatic heterocycles. The molecule has 1 aliphatic rings. The largest absolute Gasteiger partial charge is 0.444 e. The van der Waals surface area contributed by atoms with Gasteiger partial charge in [-0.3, -0.25) is 4.90 Å². The van der Waals surface area contributed by atoms with Crippen LogP contribution < -0.4 is 0 Å². The minimum Gasteiger partial charge on any atom is -0.444 e. The first-order valence-electron chi connectivity index (χ1n) is 5.03. The van der Waals surface area contributed by atoms with Gasteiger partial charge in [0.2, 0.25) is 0 Å². The predicted octanol–water partition coefficient (Wildman–Crippen LogP) is 0.962. The first-order valence-corrected chi connectivity index (χ1v) is 5.03. The average Bonchev–Trinajstić information content (AvgIpc) is 1.99. The number of aliphatic hydroxyl groups is 1. The van der Waals surface area contributed by atoms with Crippen molar-refractivity contribution in [1.29, 1.82) is 0 Å². The second-order valence-corrected chi connectivity index (χ2v) is 4.90. The molecule has 1 atom stereocenters. The molecule has 88 valence electrons. The van der Waals surface area contributed by atoms with E-state index in [9.17, 15) is 9.90 Å². The fourth-order valence-corrected chi connectivity index (χ4v) is 1.35. The molecule has 5 heteroatoms. The number of rotatable bonds is 0. The molecular formula is C10H19NO4. The van der Waals surface area contributed by atoms with Crippen LogP contribution in [0, 0.1) is 0 Å². The number of carbonyl (C=O) groups excluding carboxylic acids is 1. The van der Waals surface area contributed by atoms with E-state index in [0.29, 0.717) is 13.2 Å². The second-order valence-electron chi connectivity index (χ2n) is 4.90. The molecule has 0 aromatic carbocycles. The van der Waals surface area contributed by atoms with Crippen LogP contribution in [0.15, 0.2) is 0 Å². The van der Waals surface area contributed by atoms with Crippen LogP contribution in [0.25, 0.3) is 0 Å². The quantitative estimate of drug-likeness (QED) is 0.656. The number of ether oxygens (including phenoxy) is 2. The van der Waals surface area contributed by atoms with E-state index in [1.165, 1.54) is 11.8 Å². The fourth-order valence-electron chi connectivity index (χ4n) is 1.35. The van der Waals surface area contributed by atoms with Crippen LogP contribution in [0.4, 0.5) is 4.79 Å². The third kappa shape index (κ3) is 3.35. The lowest BCUT2D eigenvalue weighted by atomic mass is 10.2. The fraction of sp³-hybridized carbons (Fsp3) is 0.900. The Bertz CT molecular complexity index is 244. The molecule has 1 heterocycles. The number of hydrogen-bond donors (Lipinski definition) is 1. The molecule has 0 unspecified atom stereocenters. The molecule has 1 aliphatic heterocycles. The SMILES string of the molecule is CC(C)(C)OC(=O)N1CCOC[C@@]1(C)O. The van der Waals surface area contributed by atoms with Gasteiger partial charge in [-0.1, -0.05) is 0 Å². The Morgan fingerprint density at radius 3 is 2.60 bits per heavy atom. The van der Waals surface area contributed by atoms with Gasteiger partial charge >= 0.3 is 6.09 Å². The minimum absolute atomic E-state index is 0.117. The van der Waals surface area contributed by atoms with Gasteiger partial charge in [0, 0.05) is 0 Å². The Kier molecular flexibility index (Phi) is 3.25. The van der Waals surface area contributed by atoms with Gasteiger partial charge in [-0.2, -0.15) is 0 Å². The Hall–Kier alpha value is -0.810. The molecule has 1 N–H and O–H groups in total. The van der Waals surface area contributed by atoms with Crippen LogP contribution in [0.1, 0.15) is 27.7 Å². The highest BCUT2D eigenvalue weighted by atomic mass is 16.6. The van der Waals surface area contributed by atoms with Gasteiger partial charge in [-0.15, -0.1) is 0 Å². The average molecular weight is 217 g/mol. The zero-order valence-corrected chi connectivity index (χ0v) is 9.74. The summed E-state index contributed by atoms with van der Waals surface area (Å²) in [7, 11) is 0. The first-order chi connectivity index (χ1) is 6.72. The van der Waals surface area contributed by atoms with Gasteiger partial charge in [0.25, 0.3) is 0 Å². The lowest BCUT2D eigenvalue weighted by Crippen LogP contribution is -2.58. The van der Waals surface area contributed by atoms with Crippen LogP contribution in [-0.2, 0) is 9.47 Å². The maximum absolute atomic E-state index is 11.7. The number of hydrogen-bond acceptors (Lipinski definition) is 4. The van der Waals surface area contributed by atoms with Crippen LogP contribution in [0.5, 0.6) is 0 Å². The summed E-state index contributed by atoms with van der Waals surface area (Å²) >= 11 is 0. The lowest BCUT2D eigenvalue weighted by molar-refractivity contribution is -0.168. The number of amides is 1. The van der Waals surface area contributed by atoms with Crippen LogP contribution in [-0.4, -0.2) is 47.2 Å². The van der Waals surface area contributed by atoms with Crippen molar-refractivity contribution in [3.05, 3.63) is 0 Å². The number of nitrogens with zero attached hydrogens (tertiary/aromatic N) is 1. The van der Waals surface area contributed by atoms with Crippen molar-refractivity contribution in [3.8, 4) is 0 Å². The molecule has 1 fully saturated rings. The summed E-state index contributed by atoms with van der Waals surface area (Å²) in [6, 6.07) is 0. The van der Waals surface area contributed by atoms with E-state index in [2.05, 4.69) is 0 Å². The van der Waals surface area contributed by atoms with Crippen molar-refractivity contribution >= 4 is 6.09 Å². The van der Waals surface area contributed by atoms with E-state index in [0.717, 1.165) is 0 Å². The molecule has 0 aliphatic carbocycles. The Morgan fingerprint density at radius 2 is 2.13 bits per heavy atom. The normalized spacial score (nSPS) is 27.7. The molecule has 0 aromatic rings. The highest BCUT2D eigenvalue weighted by Gasteiger charge is 2.38. The van der Waals surface area contributed by atoms with Crippen LogP contribution in [0.2, 0.25) is 0 Å². The smallest absolute Gasteiger partial charge is 0.412 e. The van der Waals surface area contributed by atoms with Crippen molar-refractivity contribution in [3.63, 3.8) is 0 Å². The van der Waals surface area contributed by atoms with Gasteiger partial charge < -0.3 is 14.6 Å². The summed E-state index contributed by atoms with van der Waals surface area (Å²) in [4.78, 5) is 13.0. The Labute approximate surface area is 90.0 Å². The maximum Gasteiger partial charge on any atom is 0.412 e. The number of morpholine rings is 1. The molecule has 1 amide bonds. The highest BCUT2D eigenvalue weighted by Crippen LogP contribution is 2.20. The minimum atomic E-state index is -1.28. The van der Waals surface area contributed by atoms with Crippen LogP contribution >= 0.6 is 0 Å². The standard InChI is InChI=1S/C10H19NO4/c1-9(2,3)15-8(12)11-5-6-14-7-10(11,4)13/h13H,5-7H2,1-4H3/t10-/m1/s1. The van der Waals surface area contributed by atoms with Crippen molar-refractivity contribution in [2.24, 2.45) is 0 Å². The van der Waals surface area contributed by atoms with E-state index in [4.69, 9.17) is 9.47 Å². The molecule has 1 rings (SSSR count). The summed E-state index contributed by atoms with van der Waals surface area (Å²) < 4.78 is 10.3. The molecule has 1 saturated heterocycles. The molecule has 0 spiro atoms. The summed E-state index contributed by atoms with van der Waals surface area (Å²) in [5.74, 6) is 0. The van der Waals surface area contributed by atoms with Gasteiger partial charge in [0.15, 0.2) is 5.72 Å². The number of carbonyl (C=O) groups is 1. The van der Waals surface area contributed by atoms with Crippen molar-refractivity contribution in [2.75, 3.05) is 19.8 Å². The van der Waals surface area contributed by atoms with E-state index < -0.39 is 17.4 Å². The lowest BCUT2D eigenvalue weighted by Gasteiger charge is -2.40. The predicted molar refractivity (Wildman–Crippen MR) is 54.4 cm³/mol. The molecule has 15 heavy (non-hydrogen) atoms. The van der Waals surface area contributed by atoms with Gasteiger partial charge in [-0.05, 0) is 27.7 Å². The van der Waals surface area contributed by atoms with Crippen molar-refractivity contribution in [1.82, 2.24) is 4.90 Å². The molecular weight excluding hydrogens is 198 g/mol. The zero-order valence-electron chi connectivity index (χ0n) is 9.74. The summed E-state index contributed by atoms with van der Waals surface area (Å²) in [6.07, 6.45) is -0.504. The second kappa shape index (κ2) is 3.98. The zero-order chi connectivity index (χ0) is 11.7. The third-order valence-corrected chi connectivity index (χ3v) is 2.03. The molecule has 0 radical (unpaired) electrons.